The summed E-state index contributed by atoms with van der Waals surface area (Å²) in [4.78, 5) is 0. The number of para-hydroxylation sites is 1. The Morgan fingerprint density at radius 2 is 1.67 bits per heavy atom. The van der Waals surface area contributed by atoms with Gasteiger partial charge in [-0.05, 0) is 42.2 Å². The summed E-state index contributed by atoms with van der Waals surface area (Å²) in [6.07, 6.45) is 0.734. The fraction of sp³-hybridized carbons (Fsp3) is 0.250. The Bertz CT molecular complexity index is 536. The molecule has 0 heterocycles. The zero-order valence-corrected chi connectivity index (χ0v) is 11.0. The maximum Gasteiger partial charge on any atom is 0.124 e. The van der Waals surface area contributed by atoms with Crippen LogP contribution in [0, 0.1) is 13.8 Å². The van der Waals surface area contributed by atoms with E-state index in [9.17, 15) is 5.11 Å². The number of rotatable bonds is 3. The van der Waals surface area contributed by atoms with Crippen LogP contribution in [0.2, 0.25) is 0 Å². The lowest BCUT2D eigenvalue weighted by Gasteiger charge is -2.12. The summed E-state index contributed by atoms with van der Waals surface area (Å²) in [7, 11) is 1.69. The van der Waals surface area contributed by atoms with Gasteiger partial charge in [-0.15, -0.1) is 0 Å². The topological polar surface area (TPSA) is 29.5 Å². The van der Waals surface area contributed by atoms with Crippen molar-refractivity contribution in [3.8, 4) is 11.5 Å². The molecule has 0 aliphatic carbocycles. The van der Waals surface area contributed by atoms with Crippen LogP contribution in [0.15, 0.2) is 36.4 Å². The number of hydrogen-bond acceptors (Lipinski definition) is 2. The predicted octanol–water partition coefficient (Wildman–Crippen LogP) is 3.61. The van der Waals surface area contributed by atoms with E-state index < -0.39 is 0 Å². The van der Waals surface area contributed by atoms with Crippen molar-refractivity contribution in [3.63, 3.8) is 0 Å². The summed E-state index contributed by atoms with van der Waals surface area (Å²) in [6, 6.07) is 11.7. The summed E-state index contributed by atoms with van der Waals surface area (Å²) in [6.45, 7) is 4.08. The lowest BCUT2D eigenvalue weighted by molar-refractivity contribution is 0.408. The van der Waals surface area contributed by atoms with Gasteiger partial charge in [-0.1, -0.05) is 30.3 Å². The van der Waals surface area contributed by atoms with Gasteiger partial charge in [0.05, 0.1) is 7.11 Å². The fourth-order valence-electron chi connectivity index (χ4n) is 2.34. The molecule has 2 rings (SSSR count). The first-order valence-electron chi connectivity index (χ1n) is 6.03. The highest BCUT2D eigenvalue weighted by Crippen LogP contribution is 2.27. The minimum absolute atomic E-state index is 0.351. The molecule has 0 aliphatic rings. The summed E-state index contributed by atoms with van der Waals surface area (Å²) in [5.74, 6) is 1.29. The third kappa shape index (κ3) is 2.48. The first kappa shape index (κ1) is 12.5. The van der Waals surface area contributed by atoms with E-state index in [0.29, 0.717) is 5.75 Å². The summed E-state index contributed by atoms with van der Waals surface area (Å²) in [5.41, 5.74) is 4.39. The van der Waals surface area contributed by atoms with Crippen molar-refractivity contribution in [1.82, 2.24) is 0 Å². The monoisotopic (exact) mass is 242 g/mol. The second kappa shape index (κ2) is 5.13. The SMILES string of the molecule is COc1c(C)cc(Cc2ccccc2O)cc1C. The van der Waals surface area contributed by atoms with Crippen LogP contribution in [0.25, 0.3) is 0 Å². The molecule has 0 bridgehead atoms. The van der Waals surface area contributed by atoms with E-state index in [4.69, 9.17) is 4.74 Å². The molecule has 2 heteroatoms. The third-order valence-electron chi connectivity index (χ3n) is 3.11. The Morgan fingerprint density at radius 1 is 1.06 bits per heavy atom. The van der Waals surface area contributed by atoms with Crippen LogP contribution < -0.4 is 4.74 Å². The van der Waals surface area contributed by atoms with Gasteiger partial charge < -0.3 is 9.84 Å². The number of benzene rings is 2. The number of phenolic OH excluding ortho intramolecular Hbond substituents is 1. The second-order valence-electron chi connectivity index (χ2n) is 4.57. The van der Waals surface area contributed by atoms with E-state index in [1.54, 1.807) is 13.2 Å². The first-order valence-corrected chi connectivity index (χ1v) is 6.03. The quantitative estimate of drug-likeness (QED) is 0.891. The maximum atomic E-state index is 9.79. The summed E-state index contributed by atoms with van der Waals surface area (Å²) >= 11 is 0. The normalized spacial score (nSPS) is 10.4. The average molecular weight is 242 g/mol. The van der Waals surface area contributed by atoms with Gasteiger partial charge >= 0.3 is 0 Å². The van der Waals surface area contributed by atoms with Crippen molar-refractivity contribution in [1.29, 1.82) is 0 Å². The lowest BCUT2D eigenvalue weighted by atomic mass is 9.99. The van der Waals surface area contributed by atoms with Crippen LogP contribution >= 0.6 is 0 Å². The molecule has 0 fully saturated rings. The van der Waals surface area contributed by atoms with Gasteiger partial charge in [-0.3, -0.25) is 0 Å². The molecule has 0 aromatic heterocycles. The molecule has 18 heavy (non-hydrogen) atoms. The Hall–Kier alpha value is -1.96. The second-order valence-corrected chi connectivity index (χ2v) is 4.57. The van der Waals surface area contributed by atoms with Gasteiger partial charge in [0, 0.05) is 6.42 Å². The largest absolute Gasteiger partial charge is 0.508 e. The van der Waals surface area contributed by atoms with Crippen molar-refractivity contribution in [2.75, 3.05) is 7.11 Å². The standard InChI is InChI=1S/C16H18O2/c1-11-8-13(9-12(2)16(11)18-3)10-14-6-4-5-7-15(14)17/h4-9,17H,10H2,1-3H3. The number of hydrogen-bond donors (Lipinski definition) is 1. The molecule has 0 saturated carbocycles. The number of ether oxygens (including phenoxy) is 1. The highest BCUT2D eigenvalue weighted by molar-refractivity contribution is 5.45. The predicted molar refractivity (Wildman–Crippen MR) is 73.4 cm³/mol. The summed E-state index contributed by atoms with van der Waals surface area (Å²) in [5, 5.41) is 9.79. The molecule has 0 spiro atoms. The molecule has 0 unspecified atom stereocenters. The maximum absolute atomic E-state index is 9.79. The molecule has 0 aliphatic heterocycles. The van der Waals surface area contributed by atoms with Gasteiger partial charge in [-0.2, -0.15) is 0 Å². The fourth-order valence-corrected chi connectivity index (χ4v) is 2.34. The van der Waals surface area contributed by atoms with E-state index in [2.05, 4.69) is 12.1 Å². The van der Waals surface area contributed by atoms with Gasteiger partial charge in [0.1, 0.15) is 11.5 Å². The summed E-state index contributed by atoms with van der Waals surface area (Å²) < 4.78 is 5.36. The van der Waals surface area contributed by atoms with Crippen LogP contribution in [0.1, 0.15) is 22.3 Å². The molecule has 0 radical (unpaired) electrons. The molecule has 2 aromatic carbocycles. The van der Waals surface area contributed by atoms with E-state index >= 15 is 0 Å². The van der Waals surface area contributed by atoms with E-state index in [1.165, 1.54) is 5.56 Å². The third-order valence-corrected chi connectivity index (χ3v) is 3.11. The molecule has 0 amide bonds. The van der Waals surface area contributed by atoms with Crippen molar-refractivity contribution in [3.05, 3.63) is 58.7 Å². The minimum Gasteiger partial charge on any atom is -0.508 e. The van der Waals surface area contributed by atoms with Crippen LogP contribution in [0.4, 0.5) is 0 Å². The Morgan fingerprint density at radius 3 is 2.22 bits per heavy atom. The first-order chi connectivity index (χ1) is 8.61. The molecule has 2 aromatic rings. The number of methoxy groups -OCH3 is 1. The zero-order chi connectivity index (χ0) is 13.1. The lowest BCUT2D eigenvalue weighted by Crippen LogP contribution is -1.95. The van der Waals surface area contributed by atoms with E-state index in [-0.39, 0.29) is 0 Å². The Kier molecular flexibility index (Phi) is 3.56. The van der Waals surface area contributed by atoms with Crippen molar-refractivity contribution >= 4 is 0 Å². The molecule has 1 N–H and O–H groups in total. The highest BCUT2D eigenvalue weighted by Gasteiger charge is 2.07. The average Bonchev–Trinajstić information content (AvgIpc) is 2.32. The molecule has 94 valence electrons. The molecule has 0 atom stereocenters. The van der Waals surface area contributed by atoms with Gasteiger partial charge in [0.2, 0.25) is 0 Å². The molecule has 0 saturated heterocycles. The molecule has 2 nitrogen and oxygen atoms in total. The van der Waals surface area contributed by atoms with Crippen molar-refractivity contribution in [2.45, 2.75) is 20.3 Å². The van der Waals surface area contributed by atoms with Crippen molar-refractivity contribution in [2.24, 2.45) is 0 Å². The van der Waals surface area contributed by atoms with Gasteiger partial charge in [-0.25, -0.2) is 0 Å². The van der Waals surface area contributed by atoms with Crippen molar-refractivity contribution < 1.29 is 9.84 Å². The minimum atomic E-state index is 0.351. The van der Waals surface area contributed by atoms with E-state index in [1.807, 2.05) is 32.0 Å². The smallest absolute Gasteiger partial charge is 0.124 e. The van der Waals surface area contributed by atoms with Crippen LogP contribution in [-0.2, 0) is 6.42 Å². The Labute approximate surface area is 108 Å². The number of aromatic hydroxyl groups is 1. The van der Waals surface area contributed by atoms with Crippen LogP contribution in [0.5, 0.6) is 11.5 Å². The van der Waals surface area contributed by atoms with Crippen LogP contribution in [-0.4, -0.2) is 12.2 Å². The Balaban J connectivity index is 2.34. The van der Waals surface area contributed by atoms with Gasteiger partial charge in [0.25, 0.3) is 0 Å². The molecular formula is C16H18O2. The zero-order valence-electron chi connectivity index (χ0n) is 11.0. The van der Waals surface area contributed by atoms with Gasteiger partial charge in [0.15, 0.2) is 0 Å². The number of aryl methyl sites for hydroxylation is 2. The number of phenols is 1. The van der Waals surface area contributed by atoms with E-state index in [0.717, 1.165) is 28.9 Å². The van der Waals surface area contributed by atoms with Crippen LogP contribution in [0.3, 0.4) is 0 Å². The molecular weight excluding hydrogens is 224 g/mol. The highest BCUT2D eigenvalue weighted by atomic mass is 16.5.